The number of aryl methyl sites for hydroxylation is 1. The maximum Gasteiger partial charge on any atom is 0.414 e. The van der Waals surface area contributed by atoms with Crippen molar-refractivity contribution in [2.75, 3.05) is 5.32 Å². The number of amides is 1. The average molecular weight is 318 g/mol. The zero-order valence-corrected chi connectivity index (χ0v) is 12.4. The van der Waals surface area contributed by atoms with Gasteiger partial charge in [-0.2, -0.15) is 15.1 Å². The minimum Gasteiger partial charge on any atom is -0.444 e. The summed E-state index contributed by atoms with van der Waals surface area (Å²) in [6, 6.07) is 9.36. The Hall–Kier alpha value is -2.67. The molecular formula is C14H12ClN5O2. The summed E-state index contributed by atoms with van der Waals surface area (Å²) < 4.78 is 6.65. The predicted octanol–water partition coefficient (Wildman–Crippen LogP) is 2.77. The number of nitrogens with zero attached hydrogens (tertiary/aromatic N) is 4. The van der Waals surface area contributed by atoms with Gasteiger partial charge in [-0.05, 0) is 5.56 Å². The van der Waals surface area contributed by atoms with E-state index < -0.39 is 6.09 Å². The second-order valence-electron chi connectivity index (χ2n) is 4.53. The second kappa shape index (κ2) is 5.98. The summed E-state index contributed by atoms with van der Waals surface area (Å²) in [7, 11) is 1.73. The van der Waals surface area contributed by atoms with Gasteiger partial charge in [0.25, 0.3) is 0 Å². The maximum atomic E-state index is 11.8. The Balaban J connectivity index is 1.70. The molecule has 0 spiro atoms. The van der Waals surface area contributed by atoms with Crippen molar-refractivity contribution in [1.29, 1.82) is 0 Å². The summed E-state index contributed by atoms with van der Waals surface area (Å²) in [5.74, 6) is 0.0687. The lowest BCUT2D eigenvalue weighted by atomic mass is 10.2. The van der Waals surface area contributed by atoms with Crippen molar-refractivity contribution >= 4 is 34.7 Å². The Morgan fingerprint density at radius 1 is 1.32 bits per heavy atom. The quantitative estimate of drug-likeness (QED) is 0.751. The van der Waals surface area contributed by atoms with E-state index in [0.717, 1.165) is 5.56 Å². The molecule has 0 saturated heterocycles. The molecule has 1 amide bonds. The summed E-state index contributed by atoms with van der Waals surface area (Å²) in [5.41, 5.74) is 1.41. The van der Waals surface area contributed by atoms with E-state index in [1.165, 1.54) is 0 Å². The lowest BCUT2D eigenvalue weighted by Crippen LogP contribution is -2.16. The van der Waals surface area contributed by atoms with Crippen LogP contribution < -0.4 is 5.32 Å². The highest BCUT2D eigenvalue weighted by Crippen LogP contribution is 2.20. The summed E-state index contributed by atoms with van der Waals surface area (Å²) in [6.07, 6.45) is 0.913. The first-order chi connectivity index (χ1) is 10.6. The van der Waals surface area contributed by atoms with E-state index in [0.29, 0.717) is 11.0 Å². The maximum absolute atomic E-state index is 11.8. The van der Waals surface area contributed by atoms with Crippen LogP contribution in [-0.2, 0) is 18.4 Å². The lowest BCUT2D eigenvalue weighted by Gasteiger charge is -2.06. The molecule has 3 aromatic rings. The van der Waals surface area contributed by atoms with Gasteiger partial charge in [-0.3, -0.25) is 10.00 Å². The monoisotopic (exact) mass is 317 g/mol. The summed E-state index contributed by atoms with van der Waals surface area (Å²) in [6.45, 7) is 0.161. The highest BCUT2D eigenvalue weighted by Gasteiger charge is 2.12. The smallest absolute Gasteiger partial charge is 0.414 e. The molecule has 1 aromatic carbocycles. The molecule has 112 valence electrons. The number of nitrogens with one attached hydrogen (secondary N) is 1. The van der Waals surface area contributed by atoms with Gasteiger partial charge in [0.15, 0.2) is 5.65 Å². The molecule has 2 aromatic heterocycles. The summed E-state index contributed by atoms with van der Waals surface area (Å²) in [4.78, 5) is 20.0. The fourth-order valence-electron chi connectivity index (χ4n) is 1.89. The fourth-order valence-corrected chi connectivity index (χ4v) is 2.11. The molecule has 1 N–H and O–H groups in total. The molecule has 0 saturated carbocycles. The highest BCUT2D eigenvalue weighted by molar-refractivity contribution is 6.34. The van der Waals surface area contributed by atoms with Gasteiger partial charge < -0.3 is 4.74 Å². The highest BCUT2D eigenvalue weighted by atomic mass is 35.5. The molecule has 0 unspecified atom stereocenters. The first-order valence-electron chi connectivity index (χ1n) is 6.46. The standard InChI is InChI=1S/C14H12ClN5O2/c1-20-12-10(7-16-20)11(15)17-13(18-12)19-14(21)22-8-9-5-3-2-4-6-9/h2-7H,8H2,1H3,(H,17,18,19,21). The molecule has 0 fully saturated rings. The van der Waals surface area contributed by atoms with E-state index in [4.69, 9.17) is 16.3 Å². The molecule has 0 aliphatic carbocycles. The first-order valence-corrected chi connectivity index (χ1v) is 6.84. The number of rotatable bonds is 3. The number of carbonyl (C=O) groups excluding carboxylic acids is 1. The van der Waals surface area contributed by atoms with Crippen LogP contribution in [0.2, 0.25) is 5.15 Å². The number of benzene rings is 1. The van der Waals surface area contributed by atoms with Crippen LogP contribution in [-0.4, -0.2) is 25.8 Å². The van der Waals surface area contributed by atoms with Gasteiger partial charge in [-0.25, -0.2) is 4.79 Å². The predicted molar refractivity (Wildman–Crippen MR) is 81.6 cm³/mol. The number of carbonyl (C=O) groups is 1. The number of hydrogen-bond donors (Lipinski definition) is 1. The van der Waals surface area contributed by atoms with Gasteiger partial charge in [0.1, 0.15) is 11.8 Å². The van der Waals surface area contributed by atoms with Crippen molar-refractivity contribution < 1.29 is 9.53 Å². The van der Waals surface area contributed by atoms with Crippen molar-refractivity contribution in [2.24, 2.45) is 7.05 Å². The third-order valence-electron chi connectivity index (χ3n) is 2.97. The number of halogens is 1. The average Bonchev–Trinajstić information content (AvgIpc) is 2.88. The number of fused-ring (bicyclic) bond motifs is 1. The van der Waals surface area contributed by atoms with Crippen molar-refractivity contribution in [2.45, 2.75) is 6.61 Å². The molecule has 7 nitrogen and oxygen atoms in total. The molecule has 8 heteroatoms. The molecule has 0 atom stereocenters. The third kappa shape index (κ3) is 2.99. The molecule has 0 aliphatic rings. The number of hydrogen-bond acceptors (Lipinski definition) is 5. The van der Waals surface area contributed by atoms with Crippen LogP contribution in [0.1, 0.15) is 5.56 Å². The Labute approximate surface area is 130 Å². The van der Waals surface area contributed by atoms with Gasteiger partial charge >= 0.3 is 6.09 Å². The van der Waals surface area contributed by atoms with E-state index in [1.54, 1.807) is 17.9 Å². The molecule has 0 radical (unpaired) electrons. The van der Waals surface area contributed by atoms with Crippen LogP contribution in [0.15, 0.2) is 36.5 Å². The normalized spacial score (nSPS) is 10.6. The van der Waals surface area contributed by atoms with Gasteiger partial charge in [0.2, 0.25) is 5.95 Å². The third-order valence-corrected chi connectivity index (χ3v) is 3.26. The van der Waals surface area contributed by atoms with Crippen LogP contribution >= 0.6 is 11.6 Å². The van der Waals surface area contributed by atoms with Crippen LogP contribution in [0.5, 0.6) is 0 Å². The van der Waals surface area contributed by atoms with E-state index in [9.17, 15) is 4.79 Å². The molecule has 0 aliphatic heterocycles. The van der Waals surface area contributed by atoms with Crippen LogP contribution in [0.3, 0.4) is 0 Å². The van der Waals surface area contributed by atoms with Gasteiger partial charge in [-0.1, -0.05) is 41.9 Å². The SMILES string of the molecule is Cn1ncc2c(Cl)nc(NC(=O)OCc3ccccc3)nc21. The van der Waals surface area contributed by atoms with E-state index in [1.807, 2.05) is 30.3 Å². The van der Waals surface area contributed by atoms with Crippen molar-refractivity contribution in [1.82, 2.24) is 19.7 Å². The first kappa shape index (κ1) is 14.3. The lowest BCUT2D eigenvalue weighted by molar-refractivity contribution is 0.155. The minimum absolute atomic E-state index is 0.0687. The largest absolute Gasteiger partial charge is 0.444 e. The van der Waals surface area contributed by atoms with Crippen LogP contribution in [0.25, 0.3) is 11.0 Å². The summed E-state index contributed by atoms with van der Waals surface area (Å²) >= 11 is 6.04. The Kier molecular flexibility index (Phi) is 3.88. The van der Waals surface area contributed by atoms with E-state index in [2.05, 4.69) is 20.4 Å². The Morgan fingerprint density at radius 3 is 2.86 bits per heavy atom. The van der Waals surface area contributed by atoms with Gasteiger partial charge in [-0.15, -0.1) is 0 Å². The Morgan fingerprint density at radius 2 is 2.09 bits per heavy atom. The fraction of sp³-hybridized carbons (Fsp3) is 0.143. The summed E-state index contributed by atoms with van der Waals surface area (Å²) in [5, 5.41) is 7.33. The molecule has 2 heterocycles. The molecule has 0 bridgehead atoms. The van der Waals surface area contributed by atoms with E-state index >= 15 is 0 Å². The molecule has 22 heavy (non-hydrogen) atoms. The Bertz CT molecular complexity index is 819. The molecular weight excluding hydrogens is 306 g/mol. The number of aromatic nitrogens is 4. The van der Waals surface area contributed by atoms with Gasteiger partial charge in [0, 0.05) is 7.05 Å². The van der Waals surface area contributed by atoms with Crippen molar-refractivity contribution in [3.63, 3.8) is 0 Å². The zero-order chi connectivity index (χ0) is 15.5. The number of ether oxygens (including phenoxy) is 1. The topological polar surface area (TPSA) is 81.9 Å². The number of anilines is 1. The van der Waals surface area contributed by atoms with Crippen molar-refractivity contribution in [3.8, 4) is 0 Å². The van der Waals surface area contributed by atoms with Crippen molar-refractivity contribution in [3.05, 3.63) is 47.2 Å². The van der Waals surface area contributed by atoms with E-state index in [-0.39, 0.29) is 17.7 Å². The second-order valence-corrected chi connectivity index (χ2v) is 4.89. The van der Waals surface area contributed by atoms with Gasteiger partial charge in [0.05, 0.1) is 11.6 Å². The van der Waals surface area contributed by atoms with Crippen LogP contribution in [0, 0.1) is 0 Å². The van der Waals surface area contributed by atoms with Crippen LogP contribution in [0.4, 0.5) is 10.7 Å². The minimum atomic E-state index is -0.651. The zero-order valence-electron chi connectivity index (χ0n) is 11.7. The molecule has 3 rings (SSSR count).